The van der Waals surface area contributed by atoms with E-state index in [1.807, 2.05) is 19.3 Å². The first kappa shape index (κ1) is 23.1. The van der Waals surface area contributed by atoms with Crippen LogP contribution in [0.4, 0.5) is 5.69 Å². The summed E-state index contributed by atoms with van der Waals surface area (Å²) in [6, 6.07) is 17.2. The molecule has 2 aromatic rings. The second-order valence-corrected chi connectivity index (χ2v) is 7.89. The molecular weight excluding hydrogens is 388 g/mol. The van der Waals surface area contributed by atoms with Crippen LogP contribution >= 0.6 is 0 Å². The Morgan fingerprint density at radius 2 is 1.75 bits per heavy atom. The van der Waals surface area contributed by atoms with E-state index in [2.05, 4.69) is 122 Å². The summed E-state index contributed by atoms with van der Waals surface area (Å²) in [6.45, 7) is 12.0. The minimum atomic E-state index is 0.226. The zero-order valence-corrected chi connectivity index (χ0v) is 19.2. The van der Waals surface area contributed by atoms with Gasteiger partial charge in [-0.05, 0) is 53.4 Å². The summed E-state index contributed by atoms with van der Waals surface area (Å²) in [4.78, 5) is 2.22. The number of rotatable bonds is 4. The molecule has 1 radical (unpaired) electrons. The molecule has 0 spiro atoms. The van der Waals surface area contributed by atoms with E-state index in [0.29, 0.717) is 0 Å². The molecule has 1 N–H and O–H groups in total. The Kier molecular flexibility index (Phi) is 8.51. The van der Waals surface area contributed by atoms with Crippen molar-refractivity contribution in [1.29, 1.82) is 0 Å². The van der Waals surface area contributed by atoms with Gasteiger partial charge in [-0.2, -0.15) is 0 Å². The monoisotopic (exact) mass is 421 g/mol. The summed E-state index contributed by atoms with van der Waals surface area (Å²) >= 11 is 0. The maximum absolute atomic E-state index is 4.28. The van der Waals surface area contributed by atoms with Crippen molar-refractivity contribution in [3.63, 3.8) is 0 Å². The van der Waals surface area contributed by atoms with Crippen LogP contribution in [0.2, 0.25) is 0 Å². The molecule has 1 aliphatic heterocycles. The van der Waals surface area contributed by atoms with Crippen LogP contribution in [0.1, 0.15) is 12.5 Å². The van der Waals surface area contributed by atoms with Crippen molar-refractivity contribution in [2.75, 3.05) is 25.5 Å². The number of hydrogen-bond donors (Lipinski definition) is 1. The molecule has 0 amide bonds. The molecule has 1 unspecified atom stereocenters. The topological polar surface area (TPSA) is 15.3 Å². The first-order valence-corrected chi connectivity index (χ1v) is 11.1. The number of anilines is 1. The number of benzene rings is 2. The van der Waals surface area contributed by atoms with Gasteiger partial charge >= 0.3 is 0 Å². The molecule has 1 aliphatic rings. The molecular formula is C30H33N2. The number of nitrogens with zero attached hydrogens (tertiary/aromatic N) is 1. The summed E-state index contributed by atoms with van der Waals surface area (Å²) in [6.07, 6.45) is 19.0. The molecule has 0 fully saturated rings. The van der Waals surface area contributed by atoms with E-state index in [0.717, 1.165) is 24.4 Å². The maximum atomic E-state index is 4.28. The van der Waals surface area contributed by atoms with Gasteiger partial charge in [-0.15, -0.1) is 0 Å². The predicted octanol–water partition coefficient (Wildman–Crippen LogP) is 7.30. The second kappa shape index (κ2) is 11.8. The standard InChI is InChI=1S/C30H33N2/c1-5-19-32-20-10-6-7-13-24(2)25(3)22-26(16-12-21-32)27-14-11-15-28(23-27)29-17-8-9-18-30(29)31-4/h5-19,22-23,25,31H,1-2,20-21H2,3-4H3/b10-6-,13-7-,16-12-,19-5+,26-22+. The lowest BCUT2D eigenvalue weighted by atomic mass is 9.93. The molecule has 32 heavy (non-hydrogen) atoms. The molecule has 0 aromatic heterocycles. The van der Waals surface area contributed by atoms with Crippen molar-refractivity contribution >= 4 is 11.3 Å². The fourth-order valence-corrected chi connectivity index (χ4v) is 3.71. The van der Waals surface area contributed by atoms with Crippen LogP contribution in [0, 0.1) is 12.8 Å². The quantitative estimate of drug-likeness (QED) is 0.557. The predicted molar refractivity (Wildman–Crippen MR) is 141 cm³/mol. The van der Waals surface area contributed by atoms with Crippen molar-refractivity contribution in [2.24, 2.45) is 5.92 Å². The first-order valence-electron chi connectivity index (χ1n) is 11.1. The van der Waals surface area contributed by atoms with E-state index in [1.54, 1.807) is 0 Å². The summed E-state index contributed by atoms with van der Waals surface area (Å²) in [5, 5.41) is 3.30. The van der Waals surface area contributed by atoms with Gasteiger partial charge < -0.3 is 10.2 Å². The van der Waals surface area contributed by atoms with Crippen molar-refractivity contribution in [3.05, 3.63) is 128 Å². The third kappa shape index (κ3) is 6.24. The lowest BCUT2D eigenvalue weighted by Gasteiger charge is -2.16. The number of hydrogen-bond acceptors (Lipinski definition) is 2. The number of para-hydroxylation sites is 1. The molecule has 0 saturated carbocycles. The van der Waals surface area contributed by atoms with Gasteiger partial charge in [0, 0.05) is 31.4 Å². The largest absolute Gasteiger partial charge is 0.388 e. The Bertz CT molecular complexity index is 1070. The highest BCUT2D eigenvalue weighted by Crippen LogP contribution is 2.31. The highest BCUT2D eigenvalue weighted by molar-refractivity contribution is 5.82. The molecule has 1 heterocycles. The van der Waals surface area contributed by atoms with E-state index in [-0.39, 0.29) is 5.92 Å². The summed E-state index contributed by atoms with van der Waals surface area (Å²) < 4.78 is 0. The van der Waals surface area contributed by atoms with Crippen LogP contribution in [0.25, 0.3) is 16.7 Å². The Morgan fingerprint density at radius 3 is 2.56 bits per heavy atom. The average Bonchev–Trinajstić information content (AvgIpc) is 2.83. The van der Waals surface area contributed by atoms with Gasteiger partial charge in [0.2, 0.25) is 0 Å². The van der Waals surface area contributed by atoms with Crippen LogP contribution in [0.5, 0.6) is 0 Å². The zero-order chi connectivity index (χ0) is 22.8. The third-order valence-corrected chi connectivity index (χ3v) is 5.57. The first-order chi connectivity index (χ1) is 15.6. The zero-order valence-electron chi connectivity index (χ0n) is 19.2. The summed E-state index contributed by atoms with van der Waals surface area (Å²) in [7, 11) is 1.96. The summed E-state index contributed by atoms with van der Waals surface area (Å²) in [5.41, 5.74) is 7.00. The van der Waals surface area contributed by atoms with E-state index >= 15 is 0 Å². The van der Waals surface area contributed by atoms with Crippen LogP contribution < -0.4 is 5.32 Å². The lowest BCUT2D eigenvalue weighted by Crippen LogP contribution is -2.16. The average molecular weight is 422 g/mol. The molecule has 1 atom stereocenters. The van der Waals surface area contributed by atoms with Gasteiger partial charge in [-0.25, -0.2) is 0 Å². The SMILES string of the molecule is [CH2]/C=C/N1C/C=C\C=C/C(=C)C(C)/C=C(c2cccc(-c3ccccc3NC)c2)\C=C/C1. The van der Waals surface area contributed by atoms with Crippen molar-refractivity contribution in [3.8, 4) is 11.1 Å². The third-order valence-electron chi connectivity index (χ3n) is 5.57. The number of allylic oxidation sites excluding steroid dienone is 8. The molecule has 0 aliphatic carbocycles. The Morgan fingerprint density at radius 1 is 0.969 bits per heavy atom. The van der Waals surface area contributed by atoms with E-state index < -0.39 is 0 Å². The van der Waals surface area contributed by atoms with E-state index in [9.17, 15) is 0 Å². The van der Waals surface area contributed by atoms with Crippen LogP contribution in [0.3, 0.4) is 0 Å². The molecule has 0 saturated heterocycles. The van der Waals surface area contributed by atoms with Crippen LogP contribution in [0.15, 0.2) is 115 Å². The van der Waals surface area contributed by atoms with Gasteiger partial charge in [0.15, 0.2) is 0 Å². The van der Waals surface area contributed by atoms with Gasteiger partial charge in [0.1, 0.15) is 0 Å². The molecule has 2 nitrogen and oxygen atoms in total. The van der Waals surface area contributed by atoms with Gasteiger partial charge in [0.05, 0.1) is 0 Å². The molecule has 2 aromatic carbocycles. The maximum Gasteiger partial charge on any atom is 0.0417 e. The Labute approximate surface area is 193 Å². The molecule has 3 rings (SSSR count). The highest BCUT2D eigenvalue weighted by Gasteiger charge is 2.08. The highest BCUT2D eigenvalue weighted by atomic mass is 15.1. The van der Waals surface area contributed by atoms with E-state index in [4.69, 9.17) is 0 Å². The lowest BCUT2D eigenvalue weighted by molar-refractivity contribution is 0.462. The van der Waals surface area contributed by atoms with Crippen LogP contribution in [-0.2, 0) is 0 Å². The Hall–Kier alpha value is -3.52. The minimum Gasteiger partial charge on any atom is -0.388 e. The molecule has 2 heteroatoms. The summed E-state index contributed by atoms with van der Waals surface area (Å²) in [5.74, 6) is 0.226. The fourth-order valence-electron chi connectivity index (χ4n) is 3.71. The van der Waals surface area contributed by atoms with Crippen molar-refractivity contribution in [2.45, 2.75) is 6.92 Å². The normalized spacial score (nSPS) is 22.2. The van der Waals surface area contributed by atoms with Crippen molar-refractivity contribution in [1.82, 2.24) is 4.90 Å². The van der Waals surface area contributed by atoms with Gasteiger partial charge in [-0.3, -0.25) is 0 Å². The van der Waals surface area contributed by atoms with E-state index in [1.165, 1.54) is 22.3 Å². The van der Waals surface area contributed by atoms with Crippen molar-refractivity contribution < 1.29 is 0 Å². The second-order valence-electron chi connectivity index (χ2n) is 7.89. The van der Waals surface area contributed by atoms with Gasteiger partial charge in [-0.1, -0.05) is 98.5 Å². The molecule has 163 valence electrons. The number of nitrogens with one attached hydrogen (secondary N) is 1. The smallest absolute Gasteiger partial charge is 0.0417 e. The molecule has 0 bridgehead atoms. The van der Waals surface area contributed by atoms with Crippen LogP contribution in [-0.4, -0.2) is 25.0 Å². The Balaban J connectivity index is 2.01. The fraction of sp³-hybridized carbons (Fsp3) is 0.167. The minimum absolute atomic E-state index is 0.226. The van der Waals surface area contributed by atoms with Gasteiger partial charge in [0.25, 0.3) is 0 Å².